The molecule has 1 aliphatic carbocycles. The van der Waals surface area contributed by atoms with Gasteiger partial charge in [0.15, 0.2) is 0 Å². The zero-order valence-corrected chi connectivity index (χ0v) is 19.2. The molecule has 0 N–H and O–H groups in total. The van der Waals surface area contributed by atoms with Crippen LogP contribution in [0, 0.1) is 5.92 Å². The molecule has 0 fully saturated rings. The van der Waals surface area contributed by atoms with E-state index in [1.54, 1.807) is 19.0 Å². The van der Waals surface area contributed by atoms with E-state index in [1.807, 2.05) is 44.3 Å². The van der Waals surface area contributed by atoms with E-state index in [1.165, 1.54) is 0 Å². The quantitative estimate of drug-likeness (QED) is 0.712. The van der Waals surface area contributed by atoms with Gasteiger partial charge in [-0.15, -0.1) is 10.2 Å². The summed E-state index contributed by atoms with van der Waals surface area (Å²) in [5, 5.41) is 8.69. The second kappa shape index (κ2) is 8.94. The van der Waals surface area contributed by atoms with Gasteiger partial charge in [0.2, 0.25) is 5.89 Å². The highest BCUT2D eigenvalue weighted by Crippen LogP contribution is 2.33. The predicted octanol–water partition coefficient (Wildman–Crippen LogP) is 4.13. The fraction of sp³-hybridized carbons (Fsp3) is 0.360. The number of allylic oxidation sites excluding steroid dienone is 5. The number of amides is 1. The Labute approximate surface area is 188 Å². The lowest BCUT2D eigenvalue weighted by Crippen LogP contribution is -2.29. The monoisotopic (exact) mass is 431 g/mol. The maximum absolute atomic E-state index is 12.2. The average Bonchev–Trinajstić information content (AvgIpc) is 3.30. The molecular weight excluding hydrogens is 402 g/mol. The number of nitrogens with zero attached hydrogens (tertiary/aromatic N) is 5. The number of likely N-dealkylation sites (N-methyl/N-ethyl adjacent to an activating group) is 1. The maximum Gasteiger partial charge on any atom is 0.268 e. The van der Waals surface area contributed by atoms with Crippen LogP contribution in [0.5, 0.6) is 0 Å². The Hall–Kier alpha value is -3.48. The van der Waals surface area contributed by atoms with E-state index < -0.39 is 0 Å². The van der Waals surface area contributed by atoms with Gasteiger partial charge in [0.05, 0.1) is 18.2 Å². The van der Waals surface area contributed by atoms with Crippen molar-refractivity contribution in [3.63, 3.8) is 0 Å². The molecule has 1 aromatic heterocycles. The first-order valence-electron chi connectivity index (χ1n) is 10.9. The summed E-state index contributed by atoms with van der Waals surface area (Å²) in [6, 6.07) is 7.55. The fourth-order valence-corrected chi connectivity index (χ4v) is 3.97. The van der Waals surface area contributed by atoms with Crippen molar-refractivity contribution in [2.45, 2.75) is 26.2 Å². The Kier molecular flexibility index (Phi) is 6.08. The molecule has 166 valence electrons. The largest absolute Gasteiger partial charge is 0.419 e. The highest BCUT2D eigenvalue weighted by atomic mass is 16.4. The molecule has 1 unspecified atom stereocenters. The highest BCUT2D eigenvalue weighted by molar-refractivity contribution is 6.06. The van der Waals surface area contributed by atoms with Gasteiger partial charge < -0.3 is 14.2 Å². The van der Waals surface area contributed by atoms with Gasteiger partial charge in [0.1, 0.15) is 5.70 Å². The van der Waals surface area contributed by atoms with Crippen LogP contribution in [0.15, 0.2) is 63.7 Å². The van der Waals surface area contributed by atoms with Gasteiger partial charge >= 0.3 is 0 Å². The number of benzene rings is 1. The van der Waals surface area contributed by atoms with Crippen molar-refractivity contribution in [3.8, 4) is 0 Å². The summed E-state index contributed by atoms with van der Waals surface area (Å²) in [4.78, 5) is 20.8. The second-order valence-electron chi connectivity index (χ2n) is 8.44. The molecule has 4 rings (SSSR count). The topological polar surface area (TPSA) is 74.8 Å². The highest BCUT2D eigenvalue weighted by Gasteiger charge is 2.27. The van der Waals surface area contributed by atoms with Gasteiger partial charge in [-0.25, -0.2) is 4.99 Å². The summed E-state index contributed by atoms with van der Waals surface area (Å²) < 4.78 is 6.13. The Bertz CT molecular complexity index is 1120. The zero-order valence-electron chi connectivity index (χ0n) is 19.2. The number of aromatic nitrogens is 2. The summed E-state index contributed by atoms with van der Waals surface area (Å²) in [6.45, 7) is 4.83. The van der Waals surface area contributed by atoms with Crippen LogP contribution < -0.4 is 0 Å². The lowest BCUT2D eigenvalue weighted by Gasteiger charge is -2.26. The van der Waals surface area contributed by atoms with Gasteiger partial charge in [-0.3, -0.25) is 4.79 Å². The second-order valence-corrected chi connectivity index (χ2v) is 8.44. The maximum atomic E-state index is 12.2. The van der Waals surface area contributed by atoms with Gasteiger partial charge in [-0.05, 0) is 37.0 Å². The lowest BCUT2D eigenvalue weighted by molar-refractivity contribution is 0.0827. The molecule has 7 nitrogen and oxygen atoms in total. The molecule has 2 aliphatic rings. The number of aliphatic imine (C=N–C) groups is 1. The summed E-state index contributed by atoms with van der Waals surface area (Å²) in [5.74, 6) is 1.45. The van der Waals surface area contributed by atoms with E-state index in [-0.39, 0.29) is 11.8 Å². The third kappa shape index (κ3) is 4.15. The minimum atomic E-state index is -0.0222. The van der Waals surface area contributed by atoms with Crippen LogP contribution in [0.4, 0.5) is 0 Å². The van der Waals surface area contributed by atoms with Gasteiger partial charge in [-0.1, -0.05) is 43.4 Å². The van der Waals surface area contributed by atoms with Crippen LogP contribution in [0.3, 0.4) is 0 Å². The molecule has 1 amide bonds. The third-order valence-electron chi connectivity index (χ3n) is 6.07. The Morgan fingerprint density at radius 1 is 1.16 bits per heavy atom. The summed E-state index contributed by atoms with van der Waals surface area (Å²) in [5.41, 5.74) is 4.17. The van der Waals surface area contributed by atoms with Crippen LogP contribution in [0.25, 0.3) is 5.70 Å². The molecule has 2 atom stereocenters. The molecule has 0 spiro atoms. The van der Waals surface area contributed by atoms with Crippen molar-refractivity contribution in [3.05, 3.63) is 77.2 Å². The van der Waals surface area contributed by atoms with Crippen LogP contribution in [-0.2, 0) is 0 Å². The molecule has 2 heterocycles. The third-order valence-corrected chi connectivity index (χ3v) is 6.07. The smallest absolute Gasteiger partial charge is 0.268 e. The van der Waals surface area contributed by atoms with E-state index in [0.29, 0.717) is 35.5 Å². The van der Waals surface area contributed by atoms with Crippen molar-refractivity contribution in [2.75, 3.05) is 27.7 Å². The molecule has 0 bridgehead atoms. The molecule has 32 heavy (non-hydrogen) atoms. The SMILES string of the molecule is CC[C@H]1C=CC=CC1c1nnc(C2=C(C)N(C)CC(c3ccc(C(=O)N(C)C)cc3)=N2)o1. The van der Waals surface area contributed by atoms with E-state index in [4.69, 9.17) is 9.41 Å². The van der Waals surface area contributed by atoms with Crippen molar-refractivity contribution >= 4 is 17.3 Å². The van der Waals surface area contributed by atoms with Crippen molar-refractivity contribution in [2.24, 2.45) is 10.9 Å². The lowest BCUT2D eigenvalue weighted by atomic mass is 9.86. The Balaban J connectivity index is 1.64. The number of hydrogen-bond acceptors (Lipinski definition) is 6. The van der Waals surface area contributed by atoms with Crippen LogP contribution in [0.1, 0.15) is 53.9 Å². The predicted molar refractivity (Wildman–Crippen MR) is 125 cm³/mol. The molecule has 7 heteroatoms. The van der Waals surface area contributed by atoms with Crippen molar-refractivity contribution in [1.82, 2.24) is 20.0 Å². The fourth-order valence-electron chi connectivity index (χ4n) is 3.97. The van der Waals surface area contributed by atoms with Gasteiger partial charge in [-0.2, -0.15) is 0 Å². The molecule has 0 saturated heterocycles. The van der Waals surface area contributed by atoms with E-state index >= 15 is 0 Å². The molecule has 1 aliphatic heterocycles. The first kappa shape index (κ1) is 21.7. The van der Waals surface area contributed by atoms with Gasteiger partial charge in [0, 0.05) is 32.4 Å². The average molecular weight is 432 g/mol. The standard InChI is InChI=1S/C25H29N5O2/c1-6-17-9-7-8-10-20(17)23-27-28-24(32-23)22-16(2)30(5)15-21(26-22)18-11-13-19(14-12-18)25(31)29(3)4/h7-14,17,20H,6,15H2,1-5H3/t17-,20?/m0/s1. The molecule has 0 saturated carbocycles. The number of hydrogen-bond donors (Lipinski definition) is 0. The minimum absolute atomic E-state index is 0.0222. The van der Waals surface area contributed by atoms with Crippen LogP contribution in [-0.4, -0.2) is 59.3 Å². The molecule has 2 aromatic rings. The zero-order chi connectivity index (χ0) is 22.8. The van der Waals surface area contributed by atoms with Crippen molar-refractivity contribution in [1.29, 1.82) is 0 Å². The Morgan fingerprint density at radius 3 is 2.56 bits per heavy atom. The molecule has 0 radical (unpaired) electrons. The van der Waals surface area contributed by atoms with Crippen molar-refractivity contribution < 1.29 is 9.21 Å². The van der Waals surface area contributed by atoms with Gasteiger partial charge in [0.25, 0.3) is 11.8 Å². The summed E-state index contributed by atoms with van der Waals surface area (Å²) >= 11 is 0. The molecular formula is C25H29N5O2. The first-order chi connectivity index (χ1) is 15.4. The number of rotatable bonds is 5. The van der Waals surface area contributed by atoms with Crippen LogP contribution in [0.2, 0.25) is 0 Å². The number of carbonyl (C=O) groups is 1. The molecule has 1 aromatic carbocycles. The van der Waals surface area contributed by atoms with E-state index in [9.17, 15) is 4.79 Å². The summed E-state index contributed by atoms with van der Waals surface area (Å²) in [7, 11) is 5.51. The first-order valence-corrected chi connectivity index (χ1v) is 10.9. The van der Waals surface area contributed by atoms with Crippen LogP contribution >= 0.6 is 0 Å². The van der Waals surface area contributed by atoms with E-state index in [2.05, 4.69) is 40.2 Å². The Morgan fingerprint density at radius 2 is 1.88 bits per heavy atom. The number of carbonyl (C=O) groups excluding carboxylic acids is 1. The summed E-state index contributed by atoms with van der Waals surface area (Å²) in [6.07, 6.45) is 9.40. The minimum Gasteiger partial charge on any atom is -0.419 e. The van der Waals surface area contributed by atoms with E-state index in [0.717, 1.165) is 23.4 Å². The normalized spacial score (nSPS) is 20.5.